The van der Waals surface area contributed by atoms with E-state index in [1.165, 1.54) is 23.9 Å². The summed E-state index contributed by atoms with van der Waals surface area (Å²) in [5.74, 6) is 0.620. The minimum atomic E-state index is 0.570. The molecule has 1 aliphatic rings. The van der Waals surface area contributed by atoms with Crippen LogP contribution in [0.1, 0.15) is 32.4 Å². The second-order valence-corrected chi connectivity index (χ2v) is 5.91. The summed E-state index contributed by atoms with van der Waals surface area (Å²) in [6, 6.07) is 14.0. The summed E-state index contributed by atoms with van der Waals surface area (Å²) in [4.78, 5) is 4.76. The van der Waals surface area contributed by atoms with Gasteiger partial charge in [0.25, 0.3) is 0 Å². The first-order chi connectivity index (χ1) is 9.22. The van der Waals surface area contributed by atoms with Gasteiger partial charge in [0.05, 0.1) is 5.52 Å². The fourth-order valence-corrected chi connectivity index (χ4v) is 2.51. The van der Waals surface area contributed by atoms with Gasteiger partial charge in [-0.15, -0.1) is 0 Å². The van der Waals surface area contributed by atoms with Crippen LogP contribution in [0.5, 0.6) is 0 Å². The van der Waals surface area contributed by atoms with Crippen molar-refractivity contribution >= 4 is 10.9 Å². The first kappa shape index (κ1) is 12.6. The van der Waals surface area contributed by atoms with Crippen molar-refractivity contribution in [3.63, 3.8) is 0 Å². The number of nitrogens with one attached hydrogen (secondary N) is 1. The number of fused-ring (bicyclic) bond motifs is 1. The topological polar surface area (TPSA) is 24.9 Å². The molecule has 2 atom stereocenters. The molecule has 3 rings (SSSR count). The quantitative estimate of drug-likeness (QED) is 0.882. The number of hydrogen-bond acceptors (Lipinski definition) is 2. The van der Waals surface area contributed by atoms with Crippen LogP contribution in [-0.2, 0) is 6.42 Å². The molecule has 0 spiro atoms. The minimum absolute atomic E-state index is 0.570. The van der Waals surface area contributed by atoms with Crippen LogP contribution in [-0.4, -0.2) is 17.1 Å². The largest absolute Gasteiger partial charge is 0.311 e. The van der Waals surface area contributed by atoms with Gasteiger partial charge >= 0.3 is 0 Å². The zero-order valence-electron chi connectivity index (χ0n) is 11.8. The molecule has 1 aromatic heterocycles. The number of benzene rings is 1. The van der Waals surface area contributed by atoms with Gasteiger partial charge in [0.15, 0.2) is 0 Å². The third-order valence-electron chi connectivity index (χ3n) is 4.12. The molecule has 1 saturated carbocycles. The Morgan fingerprint density at radius 1 is 1.16 bits per heavy atom. The highest BCUT2D eigenvalue weighted by Crippen LogP contribution is 2.22. The van der Waals surface area contributed by atoms with Crippen LogP contribution in [0.2, 0.25) is 0 Å². The van der Waals surface area contributed by atoms with Crippen LogP contribution in [0.15, 0.2) is 36.4 Å². The van der Waals surface area contributed by atoms with Gasteiger partial charge in [-0.25, -0.2) is 0 Å². The Morgan fingerprint density at radius 3 is 2.74 bits per heavy atom. The zero-order valence-corrected chi connectivity index (χ0v) is 11.8. The van der Waals surface area contributed by atoms with Crippen molar-refractivity contribution in [3.05, 3.63) is 42.1 Å². The van der Waals surface area contributed by atoms with Crippen molar-refractivity contribution in [3.8, 4) is 0 Å². The standard InChI is InChI=1S/C17H22N2/c1-12(13(2)18-15-9-10-15)11-16-8-7-14-5-3-4-6-17(14)19-16/h3-8,12-13,15,18H,9-11H2,1-2H3. The van der Waals surface area contributed by atoms with Crippen molar-refractivity contribution in [2.24, 2.45) is 5.92 Å². The molecular formula is C17H22N2. The van der Waals surface area contributed by atoms with Gasteiger partial charge < -0.3 is 5.32 Å². The zero-order chi connectivity index (χ0) is 13.2. The molecule has 19 heavy (non-hydrogen) atoms. The van der Waals surface area contributed by atoms with E-state index in [1.807, 2.05) is 0 Å². The Kier molecular flexibility index (Phi) is 3.52. The van der Waals surface area contributed by atoms with E-state index in [1.54, 1.807) is 0 Å². The van der Waals surface area contributed by atoms with Gasteiger partial charge in [-0.05, 0) is 44.2 Å². The van der Waals surface area contributed by atoms with E-state index in [2.05, 4.69) is 55.6 Å². The molecule has 2 aromatic rings. The molecule has 0 saturated heterocycles. The number of rotatable bonds is 5. The van der Waals surface area contributed by atoms with E-state index in [9.17, 15) is 0 Å². The summed E-state index contributed by atoms with van der Waals surface area (Å²) >= 11 is 0. The average Bonchev–Trinajstić information content (AvgIpc) is 3.22. The van der Waals surface area contributed by atoms with Crippen LogP contribution >= 0.6 is 0 Å². The maximum Gasteiger partial charge on any atom is 0.0705 e. The van der Waals surface area contributed by atoms with E-state index in [0.717, 1.165) is 18.0 Å². The van der Waals surface area contributed by atoms with Crippen LogP contribution in [0.4, 0.5) is 0 Å². The third kappa shape index (κ3) is 3.13. The fourth-order valence-electron chi connectivity index (χ4n) is 2.51. The predicted octanol–water partition coefficient (Wildman–Crippen LogP) is 3.55. The number of aromatic nitrogens is 1. The number of para-hydroxylation sites is 1. The van der Waals surface area contributed by atoms with Gasteiger partial charge in [-0.1, -0.05) is 31.2 Å². The van der Waals surface area contributed by atoms with E-state index >= 15 is 0 Å². The van der Waals surface area contributed by atoms with Gasteiger partial charge in [0.1, 0.15) is 0 Å². The summed E-state index contributed by atoms with van der Waals surface area (Å²) in [5.41, 5.74) is 2.31. The average molecular weight is 254 g/mol. The summed E-state index contributed by atoms with van der Waals surface area (Å²) in [5, 5.41) is 4.91. The maximum atomic E-state index is 4.76. The Morgan fingerprint density at radius 2 is 1.95 bits per heavy atom. The highest BCUT2D eigenvalue weighted by atomic mass is 15.0. The molecule has 1 fully saturated rings. The molecule has 2 heteroatoms. The molecule has 2 nitrogen and oxygen atoms in total. The molecule has 100 valence electrons. The van der Waals surface area contributed by atoms with Gasteiger partial charge in [0.2, 0.25) is 0 Å². The summed E-state index contributed by atoms with van der Waals surface area (Å²) in [6.45, 7) is 4.61. The Bertz CT molecular complexity index is 560. The molecule has 2 unspecified atom stereocenters. The van der Waals surface area contributed by atoms with Crippen LogP contribution in [0.25, 0.3) is 10.9 Å². The third-order valence-corrected chi connectivity index (χ3v) is 4.12. The normalized spacial score (nSPS) is 18.4. The van der Waals surface area contributed by atoms with E-state index < -0.39 is 0 Å². The lowest BCUT2D eigenvalue weighted by molar-refractivity contribution is 0.393. The predicted molar refractivity (Wildman–Crippen MR) is 80.2 cm³/mol. The molecule has 1 aliphatic carbocycles. The molecule has 0 amide bonds. The van der Waals surface area contributed by atoms with Gasteiger partial charge in [-0.2, -0.15) is 0 Å². The van der Waals surface area contributed by atoms with Crippen molar-refractivity contribution in [2.75, 3.05) is 0 Å². The van der Waals surface area contributed by atoms with Crippen molar-refractivity contribution in [2.45, 2.75) is 45.2 Å². The first-order valence-electron chi connectivity index (χ1n) is 7.33. The van der Waals surface area contributed by atoms with Gasteiger partial charge in [0, 0.05) is 23.2 Å². The van der Waals surface area contributed by atoms with Gasteiger partial charge in [-0.3, -0.25) is 4.98 Å². The summed E-state index contributed by atoms with van der Waals surface area (Å²) in [7, 11) is 0. The highest BCUT2D eigenvalue weighted by molar-refractivity contribution is 5.78. The molecule has 1 N–H and O–H groups in total. The number of hydrogen-bond donors (Lipinski definition) is 1. The monoisotopic (exact) mass is 254 g/mol. The molecular weight excluding hydrogens is 232 g/mol. The number of pyridine rings is 1. The molecule has 1 heterocycles. The molecule has 1 aromatic carbocycles. The lowest BCUT2D eigenvalue weighted by Crippen LogP contribution is -2.34. The Hall–Kier alpha value is -1.41. The molecule has 0 radical (unpaired) electrons. The van der Waals surface area contributed by atoms with E-state index in [0.29, 0.717) is 12.0 Å². The molecule has 0 aliphatic heterocycles. The highest BCUT2D eigenvalue weighted by Gasteiger charge is 2.25. The maximum absolute atomic E-state index is 4.76. The van der Waals surface area contributed by atoms with Crippen molar-refractivity contribution in [1.82, 2.24) is 10.3 Å². The van der Waals surface area contributed by atoms with Crippen molar-refractivity contribution < 1.29 is 0 Å². The second-order valence-electron chi connectivity index (χ2n) is 5.91. The fraction of sp³-hybridized carbons (Fsp3) is 0.471. The smallest absolute Gasteiger partial charge is 0.0705 e. The van der Waals surface area contributed by atoms with Crippen LogP contribution in [0, 0.1) is 5.92 Å². The first-order valence-corrected chi connectivity index (χ1v) is 7.33. The van der Waals surface area contributed by atoms with E-state index in [4.69, 9.17) is 4.98 Å². The minimum Gasteiger partial charge on any atom is -0.311 e. The molecule has 0 bridgehead atoms. The number of nitrogens with zero attached hydrogens (tertiary/aromatic N) is 1. The lowest BCUT2D eigenvalue weighted by Gasteiger charge is -2.21. The van der Waals surface area contributed by atoms with E-state index in [-0.39, 0.29) is 0 Å². The van der Waals surface area contributed by atoms with Crippen LogP contribution in [0.3, 0.4) is 0 Å². The summed E-state index contributed by atoms with van der Waals surface area (Å²) < 4.78 is 0. The SMILES string of the molecule is CC(Cc1ccc2ccccc2n1)C(C)NC1CC1. The van der Waals surface area contributed by atoms with Crippen LogP contribution < -0.4 is 5.32 Å². The lowest BCUT2D eigenvalue weighted by atomic mass is 9.97. The Balaban J connectivity index is 1.69. The second kappa shape index (κ2) is 5.30. The Labute approximate surface area is 115 Å². The summed E-state index contributed by atoms with van der Waals surface area (Å²) in [6.07, 6.45) is 3.75. The van der Waals surface area contributed by atoms with Crippen molar-refractivity contribution in [1.29, 1.82) is 0 Å².